The molecule has 0 fully saturated rings. The van der Waals surface area contributed by atoms with Crippen molar-refractivity contribution in [2.75, 3.05) is 5.32 Å². The monoisotopic (exact) mass is 300 g/mol. The molecule has 3 aromatic heterocycles. The van der Waals surface area contributed by atoms with Crippen molar-refractivity contribution in [1.82, 2.24) is 24.7 Å². The van der Waals surface area contributed by atoms with Crippen molar-refractivity contribution in [3.63, 3.8) is 0 Å². The second-order valence-electron chi connectivity index (χ2n) is 5.42. The fraction of sp³-hybridized carbons (Fsp3) is 0.429. The zero-order chi connectivity index (χ0) is 14.4. The van der Waals surface area contributed by atoms with Gasteiger partial charge in [0.05, 0.1) is 11.9 Å². The van der Waals surface area contributed by atoms with Gasteiger partial charge in [-0.25, -0.2) is 19.6 Å². The van der Waals surface area contributed by atoms with Crippen LogP contribution in [0.25, 0.3) is 10.2 Å². The molecule has 0 amide bonds. The van der Waals surface area contributed by atoms with Gasteiger partial charge in [-0.3, -0.25) is 0 Å². The number of rotatable bonds is 2. The van der Waals surface area contributed by atoms with Gasteiger partial charge < -0.3 is 5.32 Å². The molecule has 0 spiro atoms. The highest BCUT2D eigenvalue weighted by atomic mass is 32.1. The Morgan fingerprint density at radius 2 is 2.14 bits per heavy atom. The molecule has 0 aliphatic carbocycles. The molecule has 0 saturated carbocycles. The van der Waals surface area contributed by atoms with Crippen molar-refractivity contribution in [2.45, 2.75) is 39.3 Å². The van der Waals surface area contributed by atoms with Crippen molar-refractivity contribution >= 4 is 27.4 Å². The summed E-state index contributed by atoms with van der Waals surface area (Å²) in [7, 11) is 0. The number of fused-ring (bicyclic) bond motifs is 2. The predicted molar refractivity (Wildman–Crippen MR) is 82.6 cm³/mol. The Labute approximate surface area is 126 Å². The average Bonchev–Trinajstić information content (AvgIpc) is 3.04. The first kappa shape index (κ1) is 12.7. The third-order valence-electron chi connectivity index (χ3n) is 4.11. The van der Waals surface area contributed by atoms with Gasteiger partial charge in [0, 0.05) is 17.3 Å². The molecule has 1 N–H and O–H groups in total. The van der Waals surface area contributed by atoms with E-state index >= 15 is 0 Å². The third kappa shape index (κ3) is 2.08. The molecule has 4 rings (SSSR count). The number of anilines is 1. The van der Waals surface area contributed by atoms with Crippen LogP contribution in [-0.2, 0) is 13.0 Å². The second-order valence-corrected chi connectivity index (χ2v) is 6.63. The lowest BCUT2D eigenvalue weighted by atomic mass is 10.1. The number of hydrogen-bond acceptors (Lipinski definition) is 6. The molecule has 1 atom stereocenters. The van der Waals surface area contributed by atoms with E-state index in [-0.39, 0.29) is 0 Å². The summed E-state index contributed by atoms with van der Waals surface area (Å²) < 4.78 is 1.98. The molecule has 6 nitrogen and oxygen atoms in total. The van der Waals surface area contributed by atoms with Gasteiger partial charge in [0.15, 0.2) is 0 Å². The first-order valence-corrected chi connectivity index (χ1v) is 7.88. The SMILES string of the molecule is Cc1sc2ncnc(N[C@H]3CCc4ncnn4C3)c2c1C. The minimum Gasteiger partial charge on any atom is -0.365 e. The van der Waals surface area contributed by atoms with Gasteiger partial charge in [-0.1, -0.05) is 0 Å². The standard InChI is InChI=1S/C14H16N6S/c1-8-9(2)21-14-12(8)13(16-6-17-14)19-10-3-4-11-15-7-18-20(11)5-10/h6-7,10H,3-5H2,1-2H3,(H,16,17,19)/t10-/m0/s1. The summed E-state index contributed by atoms with van der Waals surface area (Å²) in [4.78, 5) is 15.5. The highest BCUT2D eigenvalue weighted by Gasteiger charge is 2.21. The van der Waals surface area contributed by atoms with Gasteiger partial charge >= 0.3 is 0 Å². The van der Waals surface area contributed by atoms with Gasteiger partial charge in [-0.2, -0.15) is 5.10 Å². The average molecular weight is 300 g/mol. The molecule has 7 heteroatoms. The topological polar surface area (TPSA) is 68.5 Å². The maximum absolute atomic E-state index is 4.46. The minimum absolute atomic E-state index is 0.330. The van der Waals surface area contributed by atoms with Crippen molar-refractivity contribution in [2.24, 2.45) is 0 Å². The number of hydrogen-bond donors (Lipinski definition) is 1. The molecular weight excluding hydrogens is 284 g/mol. The van der Waals surface area contributed by atoms with Crippen molar-refractivity contribution in [3.8, 4) is 0 Å². The van der Waals surface area contributed by atoms with Crippen LogP contribution in [0.15, 0.2) is 12.7 Å². The molecule has 0 unspecified atom stereocenters. The van der Waals surface area contributed by atoms with E-state index in [1.165, 1.54) is 10.4 Å². The van der Waals surface area contributed by atoms with E-state index in [4.69, 9.17) is 0 Å². The highest BCUT2D eigenvalue weighted by molar-refractivity contribution is 7.18. The summed E-state index contributed by atoms with van der Waals surface area (Å²) in [6.45, 7) is 5.11. The molecule has 21 heavy (non-hydrogen) atoms. The van der Waals surface area contributed by atoms with Gasteiger partial charge in [-0.15, -0.1) is 11.3 Å². The largest absolute Gasteiger partial charge is 0.365 e. The molecule has 0 bridgehead atoms. The molecular formula is C14H16N6S. The highest BCUT2D eigenvalue weighted by Crippen LogP contribution is 2.33. The van der Waals surface area contributed by atoms with E-state index in [2.05, 4.69) is 39.2 Å². The summed E-state index contributed by atoms with van der Waals surface area (Å²) >= 11 is 1.73. The van der Waals surface area contributed by atoms with Crippen molar-refractivity contribution < 1.29 is 0 Å². The Kier molecular flexibility index (Phi) is 2.88. The summed E-state index contributed by atoms with van der Waals surface area (Å²) in [5.41, 5.74) is 1.27. The van der Waals surface area contributed by atoms with Crippen LogP contribution in [0.5, 0.6) is 0 Å². The molecule has 3 aromatic rings. The van der Waals surface area contributed by atoms with Gasteiger partial charge in [0.2, 0.25) is 0 Å². The minimum atomic E-state index is 0.330. The van der Waals surface area contributed by atoms with Crippen LogP contribution in [0, 0.1) is 13.8 Å². The van der Waals surface area contributed by atoms with Crippen LogP contribution in [-0.4, -0.2) is 30.8 Å². The van der Waals surface area contributed by atoms with Gasteiger partial charge in [0.1, 0.15) is 29.1 Å². The molecule has 1 aliphatic rings. The van der Waals surface area contributed by atoms with E-state index in [0.29, 0.717) is 6.04 Å². The summed E-state index contributed by atoms with van der Waals surface area (Å²) in [6, 6.07) is 0.330. The van der Waals surface area contributed by atoms with Crippen LogP contribution in [0.2, 0.25) is 0 Å². The Balaban J connectivity index is 1.66. The molecule has 0 saturated heterocycles. The molecule has 1 aliphatic heterocycles. The van der Waals surface area contributed by atoms with Crippen LogP contribution in [0.1, 0.15) is 22.7 Å². The summed E-state index contributed by atoms with van der Waals surface area (Å²) in [6.07, 6.45) is 5.27. The van der Waals surface area contributed by atoms with Crippen molar-refractivity contribution in [1.29, 1.82) is 0 Å². The van der Waals surface area contributed by atoms with E-state index in [9.17, 15) is 0 Å². The van der Waals surface area contributed by atoms with Crippen LogP contribution in [0.3, 0.4) is 0 Å². The van der Waals surface area contributed by atoms with E-state index in [1.54, 1.807) is 24.0 Å². The fourth-order valence-corrected chi connectivity index (χ4v) is 3.84. The van der Waals surface area contributed by atoms with E-state index < -0.39 is 0 Å². The third-order valence-corrected chi connectivity index (χ3v) is 5.23. The van der Waals surface area contributed by atoms with Crippen LogP contribution < -0.4 is 5.32 Å². The number of aryl methyl sites for hydroxylation is 3. The molecule has 4 heterocycles. The van der Waals surface area contributed by atoms with Gasteiger partial charge in [-0.05, 0) is 25.8 Å². The predicted octanol–water partition coefficient (Wildman–Crippen LogP) is 2.33. The summed E-state index contributed by atoms with van der Waals surface area (Å²) in [5.74, 6) is 2.01. The molecule has 108 valence electrons. The fourth-order valence-electron chi connectivity index (χ4n) is 2.84. The number of thiophene rings is 1. The first-order valence-electron chi connectivity index (χ1n) is 7.06. The Hall–Kier alpha value is -2.02. The Morgan fingerprint density at radius 3 is 3.05 bits per heavy atom. The maximum Gasteiger partial charge on any atom is 0.138 e. The Morgan fingerprint density at radius 1 is 1.24 bits per heavy atom. The summed E-state index contributed by atoms with van der Waals surface area (Å²) in [5, 5.41) is 9.00. The lowest BCUT2D eigenvalue weighted by Gasteiger charge is -2.24. The molecule has 0 aromatic carbocycles. The second kappa shape index (κ2) is 4.77. The van der Waals surface area contributed by atoms with Gasteiger partial charge in [0.25, 0.3) is 0 Å². The normalized spacial score (nSPS) is 17.9. The zero-order valence-corrected chi connectivity index (χ0v) is 12.8. The maximum atomic E-state index is 4.46. The number of aromatic nitrogens is 5. The lowest BCUT2D eigenvalue weighted by molar-refractivity contribution is 0.441. The first-order chi connectivity index (χ1) is 10.2. The molecule has 0 radical (unpaired) electrons. The van der Waals surface area contributed by atoms with Crippen molar-refractivity contribution in [3.05, 3.63) is 28.9 Å². The van der Waals surface area contributed by atoms with E-state index in [1.807, 2.05) is 4.68 Å². The Bertz CT molecular complexity index is 805. The number of nitrogens with one attached hydrogen (secondary N) is 1. The van der Waals surface area contributed by atoms with E-state index in [0.717, 1.165) is 41.2 Å². The lowest BCUT2D eigenvalue weighted by Crippen LogP contribution is -2.32. The van der Waals surface area contributed by atoms with Crippen LogP contribution in [0.4, 0.5) is 5.82 Å². The zero-order valence-electron chi connectivity index (χ0n) is 12.0. The van der Waals surface area contributed by atoms with Crippen LogP contribution >= 0.6 is 11.3 Å². The number of nitrogens with zero attached hydrogens (tertiary/aromatic N) is 5. The quantitative estimate of drug-likeness (QED) is 0.786. The smallest absolute Gasteiger partial charge is 0.138 e.